The summed E-state index contributed by atoms with van der Waals surface area (Å²) in [5.41, 5.74) is 1.87. The minimum Gasteiger partial charge on any atom is -0.368 e. The minimum atomic E-state index is -0.680. The van der Waals surface area contributed by atoms with E-state index in [-0.39, 0.29) is 24.2 Å². The summed E-state index contributed by atoms with van der Waals surface area (Å²) in [5.74, 6) is 0.283. The normalized spacial score (nSPS) is 15.8. The Morgan fingerprint density at radius 1 is 1.04 bits per heavy atom. The highest BCUT2D eigenvalue weighted by Crippen LogP contribution is 2.28. The summed E-state index contributed by atoms with van der Waals surface area (Å²) in [7, 11) is 1.64. The maximum absolute atomic E-state index is 12.7. The Balaban J connectivity index is 0.00000261. The average molecular weight is 389 g/mol. The van der Waals surface area contributed by atoms with Crippen LogP contribution in [0.4, 0.5) is 0 Å². The molecule has 0 unspecified atom stereocenters. The molecule has 1 aliphatic heterocycles. The lowest BCUT2D eigenvalue weighted by molar-refractivity contribution is -0.146. The standard InChI is InChI=1S/C22H28N2O2.ClH/c1-26-22(13-16-23-17-14-22)21(25)24-15-12-20(18-8-4-2-5-9-18)19-10-6-3-7-11-19;/h2-11,20,23H,12-17H2,1H3,(H,24,25);1H. The number of halogens is 1. The van der Waals surface area contributed by atoms with Gasteiger partial charge in [0.1, 0.15) is 5.60 Å². The third kappa shape index (κ3) is 5.32. The Kier molecular flexibility index (Phi) is 8.29. The highest BCUT2D eigenvalue weighted by atomic mass is 35.5. The van der Waals surface area contributed by atoms with Gasteiger partial charge in [-0.2, -0.15) is 0 Å². The van der Waals surface area contributed by atoms with Crippen LogP contribution < -0.4 is 10.6 Å². The molecule has 1 fully saturated rings. The number of rotatable bonds is 7. The van der Waals surface area contributed by atoms with Crippen LogP contribution in [0.2, 0.25) is 0 Å². The monoisotopic (exact) mass is 388 g/mol. The SMILES string of the molecule is COC1(C(=O)NCCC(c2ccccc2)c2ccccc2)CCNCC1.Cl. The number of benzene rings is 2. The van der Waals surface area contributed by atoms with Crippen LogP contribution in [0.15, 0.2) is 60.7 Å². The van der Waals surface area contributed by atoms with Gasteiger partial charge in [0.25, 0.3) is 5.91 Å². The zero-order valence-corrected chi connectivity index (χ0v) is 16.6. The van der Waals surface area contributed by atoms with Gasteiger partial charge in [-0.25, -0.2) is 0 Å². The molecule has 0 aliphatic carbocycles. The van der Waals surface area contributed by atoms with Crippen LogP contribution in [0, 0.1) is 0 Å². The van der Waals surface area contributed by atoms with Crippen molar-refractivity contribution >= 4 is 18.3 Å². The predicted molar refractivity (Wildman–Crippen MR) is 111 cm³/mol. The molecule has 1 saturated heterocycles. The maximum atomic E-state index is 12.7. The van der Waals surface area contributed by atoms with Crippen molar-refractivity contribution in [1.82, 2.24) is 10.6 Å². The van der Waals surface area contributed by atoms with Crippen LogP contribution in [0.3, 0.4) is 0 Å². The number of carbonyl (C=O) groups excluding carboxylic acids is 1. The van der Waals surface area contributed by atoms with Crippen molar-refractivity contribution in [3.8, 4) is 0 Å². The minimum absolute atomic E-state index is 0. The van der Waals surface area contributed by atoms with Crippen molar-refractivity contribution in [3.05, 3.63) is 71.8 Å². The van der Waals surface area contributed by atoms with Crippen LogP contribution in [-0.2, 0) is 9.53 Å². The lowest BCUT2D eigenvalue weighted by Crippen LogP contribution is -2.54. The first kappa shape index (κ1) is 21.4. The number of hydrogen-bond acceptors (Lipinski definition) is 3. The summed E-state index contributed by atoms with van der Waals surface area (Å²) in [6, 6.07) is 21.0. The smallest absolute Gasteiger partial charge is 0.252 e. The van der Waals surface area contributed by atoms with E-state index >= 15 is 0 Å². The van der Waals surface area contributed by atoms with Crippen LogP contribution >= 0.6 is 12.4 Å². The topological polar surface area (TPSA) is 50.4 Å². The summed E-state index contributed by atoms with van der Waals surface area (Å²) in [6.07, 6.45) is 2.30. The van der Waals surface area contributed by atoms with Gasteiger partial charge in [0, 0.05) is 19.6 Å². The van der Waals surface area contributed by atoms with Crippen molar-refractivity contribution in [2.75, 3.05) is 26.7 Å². The number of nitrogens with one attached hydrogen (secondary N) is 2. The zero-order valence-electron chi connectivity index (χ0n) is 15.8. The molecule has 27 heavy (non-hydrogen) atoms. The van der Waals surface area contributed by atoms with E-state index in [9.17, 15) is 4.79 Å². The number of ether oxygens (including phenoxy) is 1. The lowest BCUT2D eigenvalue weighted by Gasteiger charge is -2.35. The van der Waals surface area contributed by atoms with Crippen molar-refractivity contribution in [1.29, 1.82) is 0 Å². The van der Waals surface area contributed by atoms with E-state index in [1.54, 1.807) is 7.11 Å². The van der Waals surface area contributed by atoms with Gasteiger partial charge in [-0.05, 0) is 43.5 Å². The highest BCUT2D eigenvalue weighted by Gasteiger charge is 2.39. The molecule has 2 aromatic carbocycles. The molecule has 2 aromatic rings. The summed E-state index contributed by atoms with van der Waals surface area (Å²) < 4.78 is 5.62. The molecule has 0 saturated carbocycles. The van der Waals surface area contributed by atoms with Gasteiger partial charge in [0.2, 0.25) is 0 Å². The first-order valence-electron chi connectivity index (χ1n) is 9.39. The van der Waals surface area contributed by atoms with Gasteiger partial charge in [-0.15, -0.1) is 12.4 Å². The van der Waals surface area contributed by atoms with Gasteiger partial charge >= 0.3 is 0 Å². The van der Waals surface area contributed by atoms with Crippen LogP contribution in [0.1, 0.15) is 36.3 Å². The van der Waals surface area contributed by atoms with Crippen LogP contribution in [0.5, 0.6) is 0 Å². The van der Waals surface area contributed by atoms with Crippen LogP contribution in [-0.4, -0.2) is 38.3 Å². The molecule has 1 amide bonds. The quantitative estimate of drug-likeness (QED) is 0.763. The number of methoxy groups -OCH3 is 1. The molecular weight excluding hydrogens is 360 g/mol. The fourth-order valence-electron chi connectivity index (χ4n) is 3.74. The van der Waals surface area contributed by atoms with E-state index in [1.807, 2.05) is 12.1 Å². The van der Waals surface area contributed by atoms with E-state index in [2.05, 4.69) is 59.2 Å². The maximum Gasteiger partial charge on any atom is 0.252 e. The summed E-state index contributed by atoms with van der Waals surface area (Å²) in [5, 5.41) is 6.41. The molecule has 4 nitrogen and oxygen atoms in total. The molecule has 1 heterocycles. The molecular formula is C22H29ClN2O2. The second-order valence-corrected chi connectivity index (χ2v) is 6.87. The second-order valence-electron chi connectivity index (χ2n) is 6.87. The van der Waals surface area contributed by atoms with E-state index in [4.69, 9.17) is 4.74 Å². The Hall–Kier alpha value is -1.88. The third-order valence-electron chi connectivity index (χ3n) is 5.34. The van der Waals surface area contributed by atoms with Gasteiger partial charge < -0.3 is 15.4 Å². The molecule has 5 heteroatoms. The Morgan fingerprint density at radius 2 is 1.56 bits per heavy atom. The molecule has 0 bridgehead atoms. The van der Waals surface area contributed by atoms with Gasteiger partial charge in [-0.1, -0.05) is 60.7 Å². The fraction of sp³-hybridized carbons (Fsp3) is 0.409. The molecule has 0 atom stereocenters. The molecule has 3 rings (SSSR count). The fourth-order valence-corrected chi connectivity index (χ4v) is 3.74. The Labute approximate surface area is 168 Å². The van der Waals surface area contributed by atoms with E-state index < -0.39 is 5.60 Å². The summed E-state index contributed by atoms with van der Waals surface area (Å²) >= 11 is 0. The predicted octanol–water partition coefficient (Wildman–Crippen LogP) is 3.52. The number of piperidine rings is 1. The lowest BCUT2D eigenvalue weighted by atomic mass is 9.88. The molecule has 0 radical (unpaired) electrons. The number of carbonyl (C=O) groups is 1. The van der Waals surface area contributed by atoms with Crippen molar-refractivity contribution in [2.24, 2.45) is 0 Å². The molecule has 1 aliphatic rings. The molecule has 0 aromatic heterocycles. The Morgan fingerprint density at radius 3 is 2.04 bits per heavy atom. The summed E-state index contributed by atoms with van der Waals surface area (Å²) in [4.78, 5) is 12.7. The first-order chi connectivity index (χ1) is 12.7. The number of hydrogen-bond donors (Lipinski definition) is 2. The zero-order chi connectivity index (χ0) is 18.2. The van der Waals surface area contributed by atoms with Crippen molar-refractivity contribution < 1.29 is 9.53 Å². The van der Waals surface area contributed by atoms with E-state index in [0.717, 1.165) is 32.4 Å². The molecule has 146 valence electrons. The van der Waals surface area contributed by atoms with Gasteiger partial charge in [0.05, 0.1) is 0 Å². The first-order valence-corrected chi connectivity index (χ1v) is 9.39. The average Bonchev–Trinajstić information content (AvgIpc) is 2.73. The van der Waals surface area contributed by atoms with Crippen molar-refractivity contribution in [2.45, 2.75) is 30.8 Å². The van der Waals surface area contributed by atoms with Crippen molar-refractivity contribution in [3.63, 3.8) is 0 Å². The second kappa shape index (κ2) is 10.5. The number of amides is 1. The largest absolute Gasteiger partial charge is 0.368 e. The molecule has 2 N–H and O–H groups in total. The van der Waals surface area contributed by atoms with Crippen LogP contribution in [0.25, 0.3) is 0 Å². The van der Waals surface area contributed by atoms with E-state index in [1.165, 1.54) is 11.1 Å². The summed E-state index contributed by atoms with van der Waals surface area (Å²) in [6.45, 7) is 2.27. The van der Waals surface area contributed by atoms with Gasteiger partial charge in [-0.3, -0.25) is 4.79 Å². The highest BCUT2D eigenvalue weighted by molar-refractivity contribution is 5.85. The molecule has 0 spiro atoms. The van der Waals surface area contributed by atoms with Gasteiger partial charge in [0.15, 0.2) is 0 Å². The third-order valence-corrected chi connectivity index (χ3v) is 5.34. The Bertz CT molecular complexity index is 648. The van der Waals surface area contributed by atoms with E-state index in [0.29, 0.717) is 6.54 Å².